The van der Waals surface area contributed by atoms with E-state index in [1.165, 1.54) is 12.8 Å². The normalized spacial score (nSPS) is 19.4. The maximum atomic E-state index is 5.92. The summed E-state index contributed by atoms with van der Waals surface area (Å²) in [5.74, 6) is 1.54. The largest absolute Gasteiger partial charge is 0.476 e. The molecule has 0 aliphatic carbocycles. The summed E-state index contributed by atoms with van der Waals surface area (Å²) in [6.45, 7) is 4.79. The van der Waals surface area contributed by atoms with Crippen LogP contribution in [0.2, 0.25) is 0 Å². The summed E-state index contributed by atoms with van der Waals surface area (Å²) in [4.78, 5) is 9.20. The fraction of sp³-hybridized carbons (Fsp3) is 0.667. The van der Waals surface area contributed by atoms with Gasteiger partial charge in [0.05, 0.1) is 12.3 Å². The van der Waals surface area contributed by atoms with Gasteiger partial charge in [0, 0.05) is 19.1 Å². The Balaban J connectivity index is 2.11. The van der Waals surface area contributed by atoms with Gasteiger partial charge in [0.25, 0.3) is 0 Å². The molecule has 20 heavy (non-hydrogen) atoms. The molecular formula is C15H26N4O. The predicted octanol–water partition coefficient (Wildman–Crippen LogP) is 1.98. The lowest BCUT2D eigenvalue weighted by molar-refractivity contribution is 0.257. The van der Waals surface area contributed by atoms with Crippen molar-refractivity contribution in [2.75, 3.05) is 44.4 Å². The Bertz CT molecular complexity index is 436. The lowest BCUT2D eigenvalue weighted by Crippen LogP contribution is -2.45. The molecule has 1 unspecified atom stereocenters. The molecule has 0 bridgehead atoms. The van der Waals surface area contributed by atoms with E-state index < -0.39 is 0 Å². The van der Waals surface area contributed by atoms with E-state index in [9.17, 15) is 0 Å². The number of likely N-dealkylation sites (N-methyl/N-ethyl adjacent to an activating group) is 1. The summed E-state index contributed by atoms with van der Waals surface area (Å²) in [6.07, 6.45) is 3.40. The molecule has 1 aliphatic rings. The molecule has 0 amide bonds. The van der Waals surface area contributed by atoms with Crippen molar-refractivity contribution < 1.29 is 4.74 Å². The molecular weight excluding hydrogens is 252 g/mol. The number of hydrogen-bond acceptors (Lipinski definition) is 5. The molecule has 2 heterocycles. The number of aromatic nitrogens is 1. The first-order chi connectivity index (χ1) is 9.61. The minimum atomic E-state index is 0.566. The minimum absolute atomic E-state index is 0.566. The second-order valence-corrected chi connectivity index (χ2v) is 5.62. The Labute approximate surface area is 121 Å². The molecule has 0 aromatic carbocycles. The first kappa shape index (κ1) is 14.9. The van der Waals surface area contributed by atoms with Gasteiger partial charge in [-0.15, -0.1) is 0 Å². The van der Waals surface area contributed by atoms with Gasteiger partial charge in [-0.25, -0.2) is 0 Å². The zero-order valence-electron chi connectivity index (χ0n) is 12.8. The Morgan fingerprint density at radius 1 is 1.45 bits per heavy atom. The van der Waals surface area contributed by atoms with Gasteiger partial charge in [-0.1, -0.05) is 6.92 Å². The van der Waals surface area contributed by atoms with Crippen LogP contribution in [0.25, 0.3) is 0 Å². The molecule has 1 saturated heterocycles. The molecule has 2 N–H and O–H groups in total. The van der Waals surface area contributed by atoms with Gasteiger partial charge in [-0.2, -0.15) is 4.98 Å². The molecule has 112 valence electrons. The molecule has 1 aliphatic heterocycles. The van der Waals surface area contributed by atoms with Gasteiger partial charge in [0.1, 0.15) is 5.82 Å². The van der Waals surface area contributed by atoms with E-state index >= 15 is 0 Å². The Morgan fingerprint density at radius 3 is 2.95 bits per heavy atom. The molecule has 1 aromatic rings. The van der Waals surface area contributed by atoms with Crippen molar-refractivity contribution in [2.45, 2.75) is 32.2 Å². The van der Waals surface area contributed by atoms with Gasteiger partial charge in [-0.05, 0) is 45.5 Å². The van der Waals surface area contributed by atoms with E-state index in [2.05, 4.69) is 35.8 Å². The van der Waals surface area contributed by atoms with Crippen molar-refractivity contribution in [1.29, 1.82) is 0 Å². The molecule has 0 spiro atoms. The number of ether oxygens (including phenoxy) is 1. The smallest absolute Gasteiger partial charge is 0.239 e. The predicted molar refractivity (Wildman–Crippen MR) is 83.4 cm³/mol. The van der Waals surface area contributed by atoms with Crippen LogP contribution in [0.4, 0.5) is 11.5 Å². The van der Waals surface area contributed by atoms with E-state index in [-0.39, 0.29) is 0 Å². The average molecular weight is 278 g/mol. The van der Waals surface area contributed by atoms with E-state index in [0.29, 0.717) is 24.2 Å². The first-order valence-corrected chi connectivity index (χ1v) is 7.42. The molecule has 0 saturated carbocycles. The number of hydrogen-bond donors (Lipinski definition) is 1. The quantitative estimate of drug-likeness (QED) is 0.892. The lowest BCUT2D eigenvalue weighted by atomic mass is 10.1. The molecule has 2 rings (SSSR count). The van der Waals surface area contributed by atoms with Crippen LogP contribution in [-0.4, -0.2) is 49.7 Å². The number of rotatable bonds is 5. The highest BCUT2D eigenvalue weighted by Crippen LogP contribution is 2.26. The Morgan fingerprint density at radius 2 is 2.25 bits per heavy atom. The van der Waals surface area contributed by atoms with Gasteiger partial charge in [0.15, 0.2) is 0 Å². The lowest BCUT2D eigenvalue weighted by Gasteiger charge is -2.36. The van der Waals surface area contributed by atoms with Crippen LogP contribution in [0.5, 0.6) is 5.88 Å². The van der Waals surface area contributed by atoms with Crippen LogP contribution in [-0.2, 0) is 0 Å². The highest BCUT2D eigenvalue weighted by Gasteiger charge is 2.22. The summed E-state index contributed by atoms with van der Waals surface area (Å²) in [5, 5.41) is 0. The topological polar surface area (TPSA) is 54.6 Å². The first-order valence-electron chi connectivity index (χ1n) is 7.42. The fourth-order valence-corrected chi connectivity index (χ4v) is 2.52. The minimum Gasteiger partial charge on any atom is -0.476 e. The van der Waals surface area contributed by atoms with Crippen LogP contribution >= 0.6 is 0 Å². The van der Waals surface area contributed by atoms with Gasteiger partial charge in [0.2, 0.25) is 5.88 Å². The van der Waals surface area contributed by atoms with E-state index in [1.54, 1.807) is 0 Å². The Kier molecular flexibility index (Phi) is 5.06. The van der Waals surface area contributed by atoms with E-state index in [0.717, 1.165) is 25.3 Å². The third-order valence-electron chi connectivity index (χ3n) is 3.77. The highest BCUT2D eigenvalue weighted by atomic mass is 16.5. The third-order valence-corrected chi connectivity index (χ3v) is 3.77. The van der Waals surface area contributed by atoms with Gasteiger partial charge in [-0.3, -0.25) is 0 Å². The van der Waals surface area contributed by atoms with Crippen LogP contribution < -0.4 is 15.4 Å². The van der Waals surface area contributed by atoms with E-state index in [1.807, 2.05) is 12.1 Å². The Hall–Kier alpha value is -1.49. The SMILES string of the molecule is CCCOc1nc(N2CCCC(N(C)C)C2)ccc1N. The van der Waals surface area contributed by atoms with Crippen LogP contribution in [0, 0.1) is 0 Å². The number of nitrogen functional groups attached to an aromatic ring is 1. The summed E-state index contributed by atoms with van der Waals surface area (Å²) < 4.78 is 5.62. The average Bonchev–Trinajstić information content (AvgIpc) is 2.46. The van der Waals surface area contributed by atoms with Gasteiger partial charge >= 0.3 is 0 Å². The van der Waals surface area contributed by atoms with Crippen LogP contribution in [0.1, 0.15) is 26.2 Å². The van der Waals surface area contributed by atoms with Crippen molar-refractivity contribution in [3.8, 4) is 5.88 Å². The molecule has 1 aromatic heterocycles. The number of nitrogens with two attached hydrogens (primary N) is 1. The monoisotopic (exact) mass is 278 g/mol. The van der Waals surface area contributed by atoms with Gasteiger partial charge < -0.3 is 20.3 Å². The molecule has 5 nitrogen and oxygen atoms in total. The molecule has 0 radical (unpaired) electrons. The second kappa shape index (κ2) is 6.79. The van der Waals surface area contributed by atoms with Crippen molar-refractivity contribution >= 4 is 11.5 Å². The molecule has 1 atom stereocenters. The molecule has 1 fully saturated rings. The van der Waals surface area contributed by atoms with Crippen LogP contribution in [0.15, 0.2) is 12.1 Å². The second-order valence-electron chi connectivity index (χ2n) is 5.62. The fourth-order valence-electron chi connectivity index (χ4n) is 2.52. The summed E-state index contributed by atoms with van der Waals surface area (Å²) in [7, 11) is 4.28. The third kappa shape index (κ3) is 3.54. The van der Waals surface area contributed by atoms with Crippen molar-refractivity contribution in [3.63, 3.8) is 0 Å². The number of piperidine rings is 1. The summed E-state index contributed by atoms with van der Waals surface area (Å²) in [6, 6.07) is 4.47. The van der Waals surface area contributed by atoms with Crippen molar-refractivity contribution in [2.24, 2.45) is 0 Å². The van der Waals surface area contributed by atoms with Crippen molar-refractivity contribution in [1.82, 2.24) is 9.88 Å². The summed E-state index contributed by atoms with van der Waals surface area (Å²) in [5.41, 5.74) is 6.54. The van der Waals surface area contributed by atoms with Crippen LogP contribution in [0.3, 0.4) is 0 Å². The number of nitrogens with zero attached hydrogens (tertiary/aromatic N) is 3. The molecule has 5 heteroatoms. The zero-order chi connectivity index (χ0) is 14.5. The maximum absolute atomic E-state index is 5.92. The van der Waals surface area contributed by atoms with E-state index in [4.69, 9.17) is 10.5 Å². The number of pyridine rings is 1. The standard InChI is InChI=1S/C15H26N4O/c1-4-10-20-15-13(16)7-8-14(17-15)19-9-5-6-12(11-19)18(2)3/h7-8,12H,4-6,9-11,16H2,1-3H3. The highest BCUT2D eigenvalue weighted by molar-refractivity contribution is 5.54. The zero-order valence-corrected chi connectivity index (χ0v) is 12.8. The maximum Gasteiger partial charge on any atom is 0.239 e. The number of anilines is 2. The van der Waals surface area contributed by atoms with Crippen molar-refractivity contribution in [3.05, 3.63) is 12.1 Å². The summed E-state index contributed by atoms with van der Waals surface area (Å²) >= 11 is 0.